The lowest BCUT2D eigenvalue weighted by molar-refractivity contribution is 0.193. The molecule has 28 heavy (non-hydrogen) atoms. The van der Waals surface area contributed by atoms with Crippen molar-refractivity contribution < 1.29 is 4.79 Å². The maximum absolute atomic E-state index is 12.6. The molecule has 2 N–H and O–H groups in total. The van der Waals surface area contributed by atoms with E-state index in [-0.39, 0.29) is 12.1 Å². The highest BCUT2D eigenvalue weighted by molar-refractivity contribution is 5.99. The maximum atomic E-state index is 12.6. The summed E-state index contributed by atoms with van der Waals surface area (Å²) in [6.07, 6.45) is 6.02. The second-order valence-corrected chi connectivity index (χ2v) is 8.53. The number of benzene rings is 1. The molecule has 1 unspecified atom stereocenters. The van der Waals surface area contributed by atoms with E-state index in [0.29, 0.717) is 6.04 Å². The average molecular weight is 379 g/mol. The molecule has 2 atom stereocenters. The van der Waals surface area contributed by atoms with Crippen LogP contribution in [0, 0.1) is 0 Å². The number of aromatic amines is 1. The summed E-state index contributed by atoms with van der Waals surface area (Å²) in [6, 6.07) is 7.11. The third kappa shape index (κ3) is 2.75. The number of urea groups is 1. The molecular formula is C23H30N4O. The van der Waals surface area contributed by atoms with Gasteiger partial charge in [-0.25, -0.2) is 4.79 Å². The van der Waals surface area contributed by atoms with Gasteiger partial charge in [-0.2, -0.15) is 0 Å². The quantitative estimate of drug-likeness (QED) is 0.852. The molecule has 1 fully saturated rings. The first-order valence-corrected chi connectivity index (χ1v) is 10.7. The highest BCUT2D eigenvalue weighted by Gasteiger charge is 2.38. The Hall–Kier alpha value is -2.27. The fourth-order valence-corrected chi connectivity index (χ4v) is 5.14. The number of likely N-dealkylation sites (N-methyl/N-ethyl adjacent to an activating group) is 1. The normalized spacial score (nSPS) is 24.0. The third-order valence-electron chi connectivity index (χ3n) is 6.77. The summed E-state index contributed by atoms with van der Waals surface area (Å²) in [6.45, 7) is 6.38. The fourth-order valence-electron chi connectivity index (χ4n) is 5.14. The van der Waals surface area contributed by atoms with Gasteiger partial charge in [0.05, 0.1) is 6.04 Å². The predicted molar refractivity (Wildman–Crippen MR) is 114 cm³/mol. The molecule has 2 amide bonds. The molecule has 2 aliphatic carbocycles. The molecule has 0 spiro atoms. The van der Waals surface area contributed by atoms with Crippen molar-refractivity contribution in [2.24, 2.45) is 0 Å². The van der Waals surface area contributed by atoms with E-state index in [1.807, 2.05) is 18.7 Å². The molecular weight excluding hydrogens is 348 g/mol. The van der Waals surface area contributed by atoms with Gasteiger partial charge in [-0.1, -0.05) is 18.2 Å². The highest BCUT2D eigenvalue weighted by atomic mass is 16.2. The van der Waals surface area contributed by atoms with Crippen molar-refractivity contribution in [3.8, 4) is 0 Å². The third-order valence-corrected chi connectivity index (χ3v) is 6.77. The van der Waals surface area contributed by atoms with Crippen LogP contribution in [0.4, 0.5) is 4.79 Å². The van der Waals surface area contributed by atoms with Crippen LogP contribution in [-0.2, 0) is 6.42 Å². The molecule has 5 heteroatoms. The lowest BCUT2D eigenvalue weighted by Gasteiger charge is -2.40. The largest absolute Gasteiger partial charge is 0.358 e. The van der Waals surface area contributed by atoms with Crippen molar-refractivity contribution in [3.05, 3.63) is 41.1 Å². The Bertz CT molecular complexity index is 951. The SMILES string of the molecule is CCN(CC)C(=O)NC1C=C2c3cccc4[nH]c(C5CC5)c(c34)C[C@H]2N(C)C1. The van der Waals surface area contributed by atoms with Crippen LogP contribution >= 0.6 is 0 Å². The summed E-state index contributed by atoms with van der Waals surface area (Å²) < 4.78 is 0. The van der Waals surface area contributed by atoms with Crippen molar-refractivity contribution >= 4 is 22.5 Å². The summed E-state index contributed by atoms with van der Waals surface area (Å²) >= 11 is 0. The number of H-pyrrole nitrogens is 1. The van der Waals surface area contributed by atoms with Crippen LogP contribution in [0.3, 0.4) is 0 Å². The zero-order valence-electron chi connectivity index (χ0n) is 17.1. The van der Waals surface area contributed by atoms with E-state index in [2.05, 4.69) is 46.5 Å². The molecule has 5 nitrogen and oxygen atoms in total. The summed E-state index contributed by atoms with van der Waals surface area (Å²) in [7, 11) is 2.20. The Morgan fingerprint density at radius 3 is 2.79 bits per heavy atom. The second kappa shape index (κ2) is 6.66. The van der Waals surface area contributed by atoms with Crippen molar-refractivity contribution in [2.45, 2.75) is 51.1 Å². The highest BCUT2D eigenvalue weighted by Crippen LogP contribution is 2.48. The van der Waals surface area contributed by atoms with Crippen LogP contribution in [0.25, 0.3) is 16.5 Å². The van der Waals surface area contributed by atoms with E-state index in [0.717, 1.165) is 32.0 Å². The van der Waals surface area contributed by atoms with Crippen LogP contribution in [0.5, 0.6) is 0 Å². The molecule has 1 aliphatic heterocycles. The average Bonchev–Trinajstić information content (AvgIpc) is 3.46. The number of fused-ring (bicyclic) bond motifs is 2. The molecule has 1 saturated carbocycles. The smallest absolute Gasteiger partial charge is 0.317 e. The zero-order chi connectivity index (χ0) is 19.4. The van der Waals surface area contributed by atoms with E-state index >= 15 is 0 Å². The summed E-state index contributed by atoms with van der Waals surface area (Å²) in [5.41, 5.74) is 7.00. The van der Waals surface area contributed by atoms with E-state index in [4.69, 9.17) is 0 Å². The van der Waals surface area contributed by atoms with Crippen LogP contribution < -0.4 is 5.32 Å². The van der Waals surface area contributed by atoms with Crippen molar-refractivity contribution in [3.63, 3.8) is 0 Å². The number of rotatable bonds is 4. The first-order valence-electron chi connectivity index (χ1n) is 10.7. The number of aromatic nitrogens is 1. The van der Waals surface area contributed by atoms with Gasteiger partial charge in [-0.05, 0) is 68.8 Å². The number of hydrogen-bond acceptors (Lipinski definition) is 2. The first kappa shape index (κ1) is 17.8. The second-order valence-electron chi connectivity index (χ2n) is 8.53. The standard InChI is InChI=1S/C23H30N4O/c1-4-27(5-2)23(28)24-15-11-17-16-7-6-8-19-21(16)18(12-20(17)26(3)13-15)22(25-19)14-9-10-14/h6-8,11,14-15,20,25H,4-5,9-10,12-13H2,1-3H3,(H,24,28)/t15?,20-/m1/s1. The molecule has 2 heterocycles. The van der Waals surface area contributed by atoms with Crippen molar-refractivity contribution in [1.82, 2.24) is 20.1 Å². The monoisotopic (exact) mass is 378 g/mol. The molecule has 0 saturated heterocycles. The molecule has 0 radical (unpaired) electrons. The van der Waals surface area contributed by atoms with Gasteiger partial charge in [0.15, 0.2) is 0 Å². The zero-order valence-corrected chi connectivity index (χ0v) is 17.1. The van der Waals surface area contributed by atoms with Gasteiger partial charge in [0.25, 0.3) is 0 Å². The number of hydrogen-bond donors (Lipinski definition) is 2. The minimum absolute atomic E-state index is 0.0334. The Balaban J connectivity index is 1.53. The number of carbonyl (C=O) groups excluding carboxylic acids is 1. The molecule has 5 rings (SSSR count). The predicted octanol–water partition coefficient (Wildman–Crippen LogP) is 3.72. The molecule has 1 aromatic heterocycles. The van der Waals surface area contributed by atoms with Gasteiger partial charge in [-0.3, -0.25) is 4.90 Å². The van der Waals surface area contributed by atoms with Gasteiger partial charge in [-0.15, -0.1) is 0 Å². The molecule has 1 aromatic carbocycles. The van der Waals surface area contributed by atoms with E-state index in [1.54, 1.807) is 0 Å². The number of carbonyl (C=O) groups is 1. The van der Waals surface area contributed by atoms with Crippen LogP contribution in [0.2, 0.25) is 0 Å². The van der Waals surface area contributed by atoms with Gasteiger partial charge in [0, 0.05) is 42.3 Å². The maximum Gasteiger partial charge on any atom is 0.317 e. The van der Waals surface area contributed by atoms with Crippen LogP contribution in [0.1, 0.15) is 49.4 Å². The van der Waals surface area contributed by atoms with E-state index < -0.39 is 0 Å². The topological polar surface area (TPSA) is 51.4 Å². The molecule has 3 aliphatic rings. The van der Waals surface area contributed by atoms with Crippen molar-refractivity contribution in [1.29, 1.82) is 0 Å². The van der Waals surface area contributed by atoms with Crippen LogP contribution in [-0.4, -0.2) is 59.6 Å². The van der Waals surface area contributed by atoms with Crippen molar-refractivity contribution in [2.75, 3.05) is 26.7 Å². The number of amides is 2. The summed E-state index contributed by atoms with van der Waals surface area (Å²) in [5.74, 6) is 0.732. The molecule has 148 valence electrons. The van der Waals surface area contributed by atoms with Gasteiger partial charge >= 0.3 is 6.03 Å². The Morgan fingerprint density at radius 1 is 1.29 bits per heavy atom. The Morgan fingerprint density at radius 2 is 2.07 bits per heavy atom. The minimum Gasteiger partial charge on any atom is -0.358 e. The first-order chi connectivity index (χ1) is 13.6. The van der Waals surface area contributed by atoms with E-state index in [1.165, 1.54) is 46.1 Å². The molecule has 0 bridgehead atoms. The summed E-state index contributed by atoms with van der Waals surface area (Å²) in [4.78, 5) is 20.6. The van der Waals surface area contributed by atoms with E-state index in [9.17, 15) is 4.79 Å². The summed E-state index contributed by atoms with van der Waals surface area (Å²) in [5, 5.41) is 4.65. The van der Waals surface area contributed by atoms with Gasteiger partial charge < -0.3 is 15.2 Å². The molecule has 2 aromatic rings. The lowest BCUT2D eigenvalue weighted by atomic mass is 9.80. The number of nitrogens with zero attached hydrogens (tertiary/aromatic N) is 2. The number of nitrogens with one attached hydrogen (secondary N) is 2. The minimum atomic E-state index is 0.0334. The van der Waals surface area contributed by atoms with Gasteiger partial charge in [0.1, 0.15) is 0 Å². The Kier molecular flexibility index (Phi) is 4.23. The van der Waals surface area contributed by atoms with Crippen LogP contribution in [0.15, 0.2) is 24.3 Å². The lowest BCUT2D eigenvalue weighted by Crippen LogP contribution is -2.52. The Labute approximate surface area is 166 Å². The van der Waals surface area contributed by atoms with Gasteiger partial charge in [0.2, 0.25) is 0 Å². The fraction of sp³-hybridized carbons (Fsp3) is 0.522.